The maximum atomic E-state index is 12.0. The Morgan fingerprint density at radius 2 is 2.10 bits per heavy atom. The molecule has 1 heterocycles. The molecular weight excluding hydrogens is 298 g/mol. The highest BCUT2D eigenvalue weighted by atomic mass is 35.5. The molecule has 1 amide bonds. The van der Waals surface area contributed by atoms with Gasteiger partial charge in [-0.2, -0.15) is 0 Å². The standard InChI is InChI=1S/C14H12ClNO3S/c15-10-4-1-3-9(7-10)11(8-13(17)18)16-14(19)12-5-2-6-20-12/h1-7,11H,8H2,(H,16,19)(H,17,18). The third kappa shape index (κ3) is 3.82. The Labute approximate surface area is 125 Å². The second-order valence-corrected chi connectivity index (χ2v) is 5.54. The fourth-order valence-corrected chi connectivity index (χ4v) is 2.61. The van der Waals surface area contributed by atoms with E-state index < -0.39 is 12.0 Å². The van der Waals surface area contributed by atoms with Crippen LogP contribution in [-0.2, 0) is 4.79 Å². The van der Waals surface area contributed by atoms with Gasteiger partial charge in [-0.25, -0.2) is 0 Å². The summed E-state index contributed by atoms with van der Waals surface area (Å²) in [5.74, 6) is -1.27. The van der Waals surface area contributed by atoms with Crippen LogP contribution in [0.1, 0.15) is 27.7 Å². The van der Waals surface area contributed by atoms with E-state index in [1.165, 1.54) is 11.3 Å². The summed E-state index contributed by atoms with van der Waals surface area (Å²) in [5, 5.41) is 14.0. The molecule has 0 saturated carbocycles. The van der Waals surface area contributed by atoms with Crippen molar-refractivity contribution in [2.75, 3.05) is 0 Å². The van der Waals surface area contributed by atoms with E-state index in [1.807, 2.05) is 0 Å². The predicted octanol–water partition coefficient (Wildman–Crippen LogP) is 3.35. The fourth-order valence-electron chi connectivity index (χ4n) is 1.79. The highest BCUT2D eigenvalue weighted by molar-refractivity contribution is 7.12. The number of carbonyl (C=O) groups excluding carboxylic acids is 1. The fraction of sp³-hybridized carbons (Fsp3) is 0.143. The van der Waals surface area contributed by atoms with Crippen LogP contribution < -0.4 is 5.32 Å². The number of aliphatic carboxylic acids is 1. The van der Waals surface area contributed by atoms with Crippen molar-refractivity contribution in [1.82, 2.24) is 5.32 Å². The van der Waals surface area contributed by atoms with E-state index >= 15 is 0 Å². The van der Waals surface area contributed by atoms with Gasteiger partial charge in [0.1, 0.15) is 0 Å². The van der Waals surface area contributed by atoms with Gasteiger partial charge in [0.05, 0.1) is 17.3 Å². The van der Waals surface area contributed by atoms with Crippen LogP contribution in [0.25, 0.3) is 0 Å². The second kappa shape index (κ2) is 6.54. The first-order valence-electron chi connectivity index (χ1n) is 5.88. The first-order valence-corrected chi connectivity index (χ1v) is 7.13. The van der Waals surface area contributed by atoms with Crippen molar-refractivity contribution >= 4 is 34.8 Å². The summed E-state index contributed by atoms with van der Waals surface area (Å²) >= 11 is 7.21. The molecule has 1 aromatic carbocycles. The van der Waals surface area contributed by atoms with Crippen molar-refractivity contribution in [2.45, 2.75) is 12.5 Å². The zero-order chi connectivity index (χ0) is 14.5. The van der Waals surface area contributed by atoms with E-state index in [9.17, 15) is 9.59 Å². The van der Waals surface area contributed by atoms with Gasteiger partial charge >= 0.3 is 5.97 Å². The molecule has 2 aromatic rings. The zero-order valence-electron chi connectivity index (χ0n) is 10.4. The van der Waals surface area contributed by atoms with Crippen LogP contribution in [0, 0.1) is 0 Å². The SMILES string of the molecule is O=C(O)CC(NC(=O)c1cccs1)c1cccc(Cl)c1. The van der Waals surface area contributed by atoms with Crippen LogP contribution in [0.4, 0.5) is 0 Å². The van der Waals surface area contributed by atoms with Gasteiger partial charge in [-0.3, -0.25) is 9.59 Å². The van der Waals surface area contributed by atoms with Crippen LogP contribution >= 0.6 is 22.9 Å². The molecule has 0 aliphatic heterocycles. The zero-order valence-corrected chi connectivity index (χ0v) is 11.9. The minimum atomic E-state index is -0.985. The quantitative estimate of drug-likeness (QED) is 0.890. The Morgan fingerprint density at radius 1 is 1.30 bits per heavy atom. The number of hydrogen-bond donors (Lipinski definition) is 2. The Balaban J connectivity index is 2.20. The number of carboxylic acids is 1. The van der Waals surface area contributed by atoms with Gasteiger partial charge in [-0.15, -0.1) is 11.3 Å². The van der Waals surface area contributed by atoms with E-state index in [4.69, 9.17) is 16.7 Å². The van der Waals surface area contributed by atoms with Crippen molar-refractivity contribution in [2.24, 2.45) is 0 Å². The molecule has 0 saturated heterocycles. The summed E-state index contributed by atoms with van der Waals surface area (Å²) in [6.45, 7) is 0. The second-order valence-electron chi connectivity index (χ2n) is 4.16. The monoisotopic (exact) mass is 309 g/mol. The predicted molar refractivity (Wildman–Crippen MR) is 78.2 cm³/mol. The maximum absolute atomic E-state index is 12.0. The number of thiophene rings is 1. The van der Waals surface area contributed by atoms with Crippen molar-refractivity contribution < 1.29 is 14.7 Å². The summed E-state index contributed by atoms with van der Waals surface area (Å²) in [6.07, 6.45) is -0.197. The molecule has 0 bridgehead atoms. The van der Waals surface area contributed by atoms with E-state index in [0.29, 0.717) is 15.5 Å². The third-order valence-electron chi connectivity index (χ3n) is 2.68. The summed E-state index contributed by atoms with van der Waals surface area (Å²) in [4.78, 5) is 23.5. The molecule has 0 radical (unpaired) electrons. The van der Waals surface area contributed by atoms with Crippen molar-refractivity contribution in [1.29, 1.82) is 0 Å². The number of hydrogen-bond acceptors (Lipinski definition) is 3. The minimum absolute atomic E-state index is 0.197. The van der Waals surface area contributed by atoms with Crippen LogP contribution in [0.3, 0.4) is 0 Å². The number of carboxylic acid groups (broad SMARTS) is 1. The number of nitrogens with one attached hydrogen (secondary N) is 1. The van der Waals surface area contributed by atoms with Crippen LogP contribution in [0.5, 0.6) is 0 Å². The topological polar surface area (TPSA) is 66.4 Å². The van der Waals surface area contributed by atoms with Gasteiger partial charge in [-0.1, -0.05) is 29.8 Å². The first-order chi connectivity index (χ1) is 9.56. The first kappa shape index (κ1) is 14.6. The number of amides is 1. The van der Waals surface area contributed by atoms with E-state index in [2.05, 4.69) is 5.32 Å². The highest BCUT2D eigenvalue weighted by Crippen LogP contribution is 2.21. The molecule has 1 aromatic heterocycles. The minimum Gasteiger partial charge on any atom is -0.481 e. The average molecular weight is 310 g/mol. The average Bonchev–Trinajstić information content (AvgIpc) is 2.91. The molecule has 0 aliphatic rings. The summed E-state index contributed by atoms with van der Waals surface area (Å²) in [7, 11) is 0. The molecule has 0 fully saturated rings. The van der Waals surface area contributed by atoms with Gasteiger partial charge in [0, 0.05) is 5.02 Å². The van der Waals surface area contributed by atoms with Gasteiger partial charge in [0.2, 0.25) is 0 Å². The lowest BCUT2D eigenvalue weighted by atomic mass is 10.0. The Morgan fingerprint density at radius 3 is 2.70 bits per heavy atom. The number of benzene rings is 1. The van der Waals surface area contributed by atoms with Gasteiger partial charge in [0.15, 0.2) is 0 Å². The van der Waals surface area contributed by atoms with Gasteiger partial charge in [-0.05, 0) is 29.1 Å². The molecule has 0 aliphatic carbocycles. The van der Waals surface area contributed by atoms with Crippen LogP contribution in [0.2, 0.25) is 5.02 Å². The third-order valence-corrected chi connectivity index (χ3v) is 3.78. The van der Waals surface area contributed by atoms with E-state index in [-0.39, 0.29) is 12.3 Å². The van der Waals surface area contributed by atoms with Crippen LogP contribution in [0.15, 0.2) is 41.8 Å². The van der Waals surface area contributed by atoms with Crippen molar-refractivity contribution in [3.8, 4) is 0 Å². The summed E-state index contributed by atoms with van der Waals surface area (Å²) < 4.78 is 0. The molecule has 20 heavy (non-hydrogen) atoms. The van der Waals surface area contributed by atoms with Gasteiger partial charge in [0.25, 0.3) is 5.91 Å². The number of halogens is 1. The molecular formula is C14H12ClNO3S. The lowest BCUT2D eigenvalue weighted by molar-refractivity contribution is -0.137. The molecule has 1 unspecified atom stereocenters. The molecule has 2 rings (SSSR count). The summed E-state index contributed by atoms with van der Waals surface area (Å²) in [6, 6.07) is 9.67. The van der Waals surface area contributed by atoms with E-state index in [1.54, 1.807) is 41.8 Å². The van der Waals surface area contributed by atoms with E-state index in [0.717, 1.165) is 0 Å². The Hall–Kier alpha value is -1.85. The smallest absolute Gasteiger partial charge is 0.305 e. The normalized spacial score (nSPS) is 11.8. The van der Waals surface area contributed by atoms with Crippen molar-refractivity contribution in [3.05, 3.63) is 57.2 Å². The van der Waals surface area contributed by atoms with Crippen LogP contribution in [-0.4, -0.2) is 17.0 Å². The number of carbonyl (C=O) groups is 2. The Kier molecular flexibility index (Phi) is 4.76. The molecule has 2 N–H and O–H groups in total. The molecule has 4 nitrogen and oxygen atoms in total. The lowest BCUT2D eigenvalue weighted by Crippen LogP contribution is -2.29. The molecule has 6 heteroatoms. The largest absolute Gasteiger partial charge is 0.481 e. The Bertz CT molecular complexity index is 613. The van der Waals surface area contributed by atoms with Crippen molar-refractivity contribution in [3.63, 3.8) is 0 Å². The lowest BCUT2D eigenvalue weighted by Gasteiger charge is -2.17. The summed E-state index contributed by atoms with van der Waals surface area (Å²) in [5.41, 5.74) is 0.671. The molecule has 1 atom stereocenters. The van der Waals surface area contributed by atoms with Gasteiger partial charge < -0.3 is 10.4 Å². The maximum Gasteiger partial charge on any atom is 0.305 e. The molecule has 0 spiro atoms. The highest BCUT2D eigenvalue weighted by Gasteiger charge is 2.19. The number of rotatable bonds is 5. The molecule has 104 valence electrons.